The van der Waals surface area contributed by atoms with Gasteiger partial charge in [0.2, 0.25) is 5.88 Å². The van der Waals surface area contributed by atoms with Gasteiger partial charge in [0.25, 0.3) is 0 Å². The number of pyridine rings is 2. The molecule has 144 valence electrons. The number of ether oxygens (including phenoxy) is 2. The topological polar surface area (TPSA) is 47.5 Å². The summed E-state index contributed by atoms with van der Waals surface area (Å²) in [7, 11) is 1.65. The van der Waals surface area contributed by atoms with Crippen molar-refractivity contribution < 1.29 is 9.47 Å². The summed E-state index contributed by atoms with van der Waals surface area (Å²) in [5, 5.41) is 0. The van der Waals surface area contributed by atoms with Crippen molar-refractivity contribution in [2.75, 3.05) is 40.0 Å². The smallest absolute Gasteiger partial charge is 0.213 e. The predicted octanol–water partition coefficient (Wildman–Crippen LogP) is 3.15. The Labute approximate surface area is 166 Å². The molecule has 0 saturated carbocycles. The van der Waals surface area contributed by atoms with Crippen LogP contribution in [0.3, 0.4) is 0 Å². The van der Waals surface area contributed by atoms with Crippen LogP contribution in [0.5, 0.6) is 5.88 Å². The number of hydrogen-bond acceptors (Lipinski definition) is 5. The molecule has 1 unspecified atom stereocenters. The van der Waals surface area contributed by atoms with Gasteiger partial charge in [0.1, 0.15) is 0 Å². The molecule has 1 saturated heterocycles. The molecule has 0 amide bonds. The first-order valence-corrected chi connectivity index (χ1v) is 9.61. The highest BCUT2D eigenvalue weighted by atomic mass is 16.5. The van der Waals surface area contributed by atoms with Crippen LogP contribution in [0.15, 0.2) is 72.9 Å². The third-order valence-electron chi connectivity index (χ3n) is 5.30. The number of rotatable bonds is 6. The summed E-state index contributed by atoms with van der Waals surface area (Å²) in [6.07, 6.45) is 1.85. The molecular weight excluding hydrogens is 350 g/mol. The molecule has 5 heteroatoms. The monoisotopic (exact) mass is 375 g/mol. The Kier molecular flexibility index (Phi) is 5.65. The van der Waals surface area contributed by atoms with E-state index < -0.39 is 5.41 Å². The summed E-state index contributed by atoms with van der Waals surface area (Å²) in [4.78, 5) is 12.1. The first-order chi connectivity index (χ1) is 13.8. The third kappa shape index (κ3) is 3.63. The first-order valence-electron chi connectivity index (χ1n) is 9.61. The number of benzene rings is 1. The molecule has 4 rings (SSSR count). The van der Waals surface area contributed by atoms with E-state index in [1.165, 1.54) is 5.56 Å². The SMILES string of the molecule is COc1cccc(C(CN2CCOCC2)(c2ccccc2)c2ccccn2)n1. The fraction of sp³-hybridized carbons (Fsp3) is 0.304. The molecule has 0 aliphatic carbocycles. The van der Waals surface area contributed by atoms with Crippen molar-refractivity contribution in [1.29, 1.82) is 0 Å². The highest BCUT2D eigenvalue weighted by Gasteiger charge is 2.41. The second-order valence-electron chi connectivity index (χ2n) is 6.94. The summed E-state index contributed by atoms with van der Waals surface area (Å²) < 4.78 is 11.0. The molecule has 1 atom stereocenters. The lowest BCUT2D eigenvalue weighted by molar-refractivity contribution is 0.0318. The zero-order valence-corrected chi connectivity index (χ0v) is 16.1. The van der Waals surface area contributed by atoms with Crippen molar-refractivity contribution in [2.24, 2.45) is 0 Å². The van der Waals surface area contributed by atoms with E-state index in [2.05, 4.69) is 41.3 Å². The van der Waals surface area contributed by atoms with Gasteiger partial charge in [-0.1, -0.05) is 42.5 Å². The Hall–Kier alpha value is -2.76. The number of aromatic nitrogens is 2. The molecule has 0 N–H and O–H groups in total. The van der Waals surface area contributed by atoms with E-state index in [9.17, 15) is 0 Å². The van der Waals surface area contributed by atoms with E-state index in [0.717, 1.165) is 44.2 Å². The van der Waals surface area contributed by atoms with Crippen LogP contribution in [0.4, 0.5) is 0 Å². The van der Waals surface area contributed by atoms with Crippen LogP contribution in [0, 0.1) is 0 Å². The van der Waals surface area contributed by atoms with Gasteiger partial charge < -0.3 is 9.47 Å². The van der Waals surface area contributed by atoms with Gasteiger partial charge in [0.15, 0.2) is 0 Å². The van der Waals surface area contributed by atoms with Gasteiger partial charge in [-0.15, -0.1) is 0 Å². The number of morpholine rings is 1. The van der Waals surface area contributed by atoms with Gasteiger partial charge in [0.05, 0.1) is 37.1 Å². The molecule has 28 heavy (non-hydrogen) atoms. The van der Waals surface area contributed by atoms with E-state index in [1.54, 1.807) is 7.11 Å². The second kappa shape index (κ2) is 8.50. The van der Waals surface area contributed by atoms with Crippen LogP contribution in [-0.2, 0) is 10.2 Å². The highest BCUT2D eigenvalue weighted by molar-refractivity contribution is 5.46. The summed E-state index contributed by atoms with van der Waals surface area (Å²) in [5.74, 6) is 0.607. The van der Waals surface area contributed by atoms with Crippen molar-refractivity contribution in [2.45, 2.75) is 5.41 Å². The molecule has 2 aromatic heterocycles. The van der Waals surface area contributed by atoms with E-state index in [-0.39, 0.29) is 0 Å². The van der Waals surface area contributed by atoms with E-state index in [4.69, 9.17) is 19.4 Å². The summed E-state index contributed by atoms with van der Waals surface area (Å²) in [6, 6.07) is 22.6. The van der Waals surface area contributed by atoms with Crippen LogP contribution in [0.25, 0.3) is 0 Å². The normalized spacial score (nSPS) is 17.0. The second-order valence-corrected chi connectivity index (χ2v) is 6.94. The fourth-order valence-electron chi connectivity index (χ4n) is 3.88. The Morgan fingerprint density at radius 3 is 2.39 bits per heavy atom. The maximum atomic E-state index is 5.57. The average Bonchev–Trinajstić information content (AvgIpc) is 2.79. The maximum absolute atomic E-state index is 5.57. The first kappa shape index (κ1) is 18.6. The van der Waals surface area contributed by atoms with Crippen LogP contribution >= 0.6 is 0 Å². The van der Waals surface area contributed by atoms with Crippen LogP contribution in [0.1, 0.15) is 17.0 Å². The van der Waals surface area contributed by atoms with Gasteiger partial charge in [-0.2, -0.15) is 0 Å². The van der Waals surface area contributed by atoms with Gasteiger partial charge in [0, 0.05) is 31.9 Å². The van der Waals surface area contributed by atoms with Crippen molar-refractivity contribution in [3.8, 4) is 5.88 Å². The lowest BCUT2D eigenvalue weighted by atomic mass is 9.73. The van der Waals surface area contributed by atoms with Crippen molar-refractivity contribution in [3.05, 3.63) is 89.9 Å². The van der Waals surface area contributed by atoms with E-state index in [0.29, 0.717) is 5.88 Å². The van der Waals surface area contributed by atoms with Gasteiger partial charge >= 0.3 is 0 Å². The predicted molar refractivity (Wildman–Crippen MR) is 109 cm³/mol. The number of hydrogen-bond donors (Lipinski definition) is 0. The molecule has 1 aliphatic heterocycles. The minimum absolute atomic E-state index is 0.506. The molecule has 0 radical (unpaired) electrons. The molecule has 1 aromatic carbocycles. The highest BCUT2D eigenvalue weighted by Crippen LogP contribution is 2.38. The lowest BCUT2D eigenvalue weighted by Gasteiger charge is -2.39. The average molecular weight is 375 g/mol. The summed E-state index contributed by atoms with van der Waals surface area (Å²) in [5.41, 5.74) is 2.58. The molecular formula is C23H25N3O2. The fourth-order valence-corrected chi connectivity index (χ4v) is 3.88. The molecule has 0 spiro atoms. The molecule has 3 heterocycles. The third-order valence-corrected chi connectivity index (χ3v) is 5.30. The zero-order chi connectivity index (χ0) is 19.2. The minimum Gasteiger partial charge on any atom is -0.481 e. The Morgan fingerprint density at radius 2 is 1.68 bits per heavy atom. The molecule has 0 bridgehead atoms. The Bertz CT molecular complexity index is 841. The summed E-state index contributed by atoms with van der Waals surface area (Å²) >= 11 is 0. The van der Waals surface area contributed by atoms with Gasteiger partial charge in [-0.05, 0) is 23.8 Å². The standard InChI is InChI=1S/C23H25N3O2/c1-27-22-12-7-11-21(25-22)23(19-8-3-2-4-9-19,20-10-5-6-13-24-20)18-26-14-16-28-17-15-26/h2-13H,14-18H2,1H3. The zero-order valence-electron chi connectivity index (χ0n) is 16.1. The van der Waals surface area contributed by atoms with E-state index in [1.807, 2.05) is 36.5 Å². The van der Waals surface area contributed by atoms with Crippen molar-refractivity contribution in [1.82, 2.24) is 14.9 Å². The molecule has 1 aliphatic rings. The number of methoxy groups -OCH3 is 1. The van der Waals surface area contributed by atoms with Gasteiger partial charge in [-0.3, -0.25) is 9.88 Å². The van der Waals surface area contributed by atoms with Crippen molar-refractivity contribution >= 4 is 0 Å². The van der Waals surface area contributed by atoms with Crippen LogP contribution in [0.2, 0.25) is 0 Å². The summed E-state index contributed by atoms with van der Waals surface area (Å²) in [6.45, 7) is 4.06. The molecule has 1 fully saturated rings. The Morgan fingerprint density at radius 1 is 0.929 bits per heavy atom. The number of nitrogens with zero attached hydrogens (tertiary/aromatic N) is 3. The Balaban J connectivity index is 1.93. The van der Waals surface area contributed by atoms with Crippen molar-refractivity contribution in [3.63, 3.8) is 0 Å². The molecule has 5 nitrogen and oxygen atoms in total. The quantitative estimate of drug-likeness (QED) is 0.662. The largest absolute Gasteiger partial charge is 0.481 e. The van der Waals surface area contributed by atoms with Crippen LogP contribution < -0.4 is 4.74 Å². The van der Waals surface area contributed by atoms with E-state index >= 15 is 0 Å². The maximum Gasteiger partial charge on any atom is 0.213 e. The molecule has 3 aromatic rings. The minimum atomic E-state index is -0.506. The van der Waals surface area contributed by atoms with Crippen LogP contribution in [-0.4, -0.2) is 54.8 Å². The lowest BCUT2D eigenvalue weighted by Crippen LogP contribution is -2.48. The van der Waals surface area contributed by atoms with Gasteiger partial charge in [-0.25, -0.2) is 4.98 Å².